The van der Waals surface area contributed by atoms with E-state index in [-0.39, 0.29) is 5.38 Å². The van der Waals surface area contributed by atoms with Gasteiger partial charge in [-0.25, -0.2) is 4.98 Å². The Morgan fingerprint density at radius 3 is 3.07 bits per heavy atom. The number of hydrogen-bond donors (Lipinski definition) is 0. The van der Waals surface area contributed by atoms with E-state index in [0.717, 1.165) is 32.0 Å². The van der Waals surface area contributed by atoms with Gasteiger partial charge in [0.25, 0.3) is 0 Å². The summed E-state index contributed by atoms with van der Waals surface area (Å²) < 4.78 is 2.17. The maximum atomic E-state index is 6.30. The lowest BCUT2D eigenvalue weighted by Gasteiger charge is -2.34. The average Bonchev–Trinajstić information content (AvgIpc) is 2.70. The SMILES string of the molecule is CCn1ccnc1N1CCC(C)C(Cl)C1. The van der Waals surface area contributed by atoms with E-state index in [4.69, 9.17) is 11.6 Å². The van der Waals surface area contributed by atoms with Gasteiger partial charge in [-0.05, 0) is 19.3 Å². The number of alkyl halides is 1. The second-order valence-corrected chi connectivity index (χ2v) is 4.80. The van der Waals surface area contributed by atoms with Crippen molar-refractivity contribution in [2.45, 2.75) is 32.2 Å². The van der Waals surface area contributed by atoms with E-state index >= 15 is 0 Å². The van der Waals surface area contributed by atoms with Crippen LogP contribution in [0.25, 0.3) is 0 Å². The highest BCUT2D eigenvalue weighted by molar-refractivity contribution is 6.21. The van der Waals surface area contributed by atoms with E-state index in [2.05, 4.69) is 28.3 Å². The summed E-state index contributed by atoms with van der Waals surface area (Å²) in [4.78, 5) is 6.69. The molecule has 1 aliphatic heterocycles. The number of aryl methyl sites for hydroxylation is 1. The Hall–Kier alpha value is -0.700. The molecule has 3 nitrogen and oxygen atoms in total. The minimum absolute atomic E-state index is 0.251. The first-order chi connectivity index (χ1) is 7.22. The summed E-state index contributed by atoms with van der Waals surface area (Å²) in [5.41, 5.74) is 0. The monoisotopic (exact) mass is 227 g/mol. The maximum Gasteiger partial charge on any atom is 0.205 e. The third kappa shape index (κ3) is 2.12. The molecule has 0 bridgehead atoms. The molecule has 0 aliphatic carbocycles. The Morgan fingerprint density at radius 2 is 2.40 bits per heavy atom. The van der Waals surface area contributed by atoms with Gasteiger partial charge in [0.1, 0.15) is 0 Å². The number of nitrogens with zero attached hydrogens (tertiary/aromatic N) is 3. The fourth-order valence-electron chi connectivity index (χ4n) is 2.04. The molecule has 15 heavy (non-hydrogen) atoms. The van der Waals surface area contributed by atoms with Gasteiger partial charge in [-0.2, -0.15) is 0 Å². The molecule has 0 saturated carbocycles. The first kappa shape index (κ1) is 10.8. The van der Waals surface area contributed by atoms with Crippen molar-refractivity contribution in [2.24, 2.45) is 5.92 Å². The van der Waals surface area contributed by atoms with E-state index in [0.29, 0.717) is 5.92 Å². The lowest BCUT2D eigenvalue weighted by Crippen LogP contribution is -2.41. The normalized spacial score (nSPS) is 27.0. The molecule has 1 fully saturated rings. The number of piperidine rings is 1. The lowest BCUT2D eigenvalue weighted by molar-refractivity contribution is 0.438. The van der Waals surface area contributed by atoms with Gasteiger partial charge >= 0.3 is 0 Å². The van der Waals surface area contributed by atoms with Gasteiger partial charge in [0, 0.05) is 32.0 Å². The fraction of sp³-hybridized carbons (Fsp3) is 0.727. The molecule has 1 saturated heterocycles. The Bertz CT molecular complexity index is 323. The van der Waals surface area contributed by atoms with Crippen LogP contribution in [0, 0.1) is 5.92 Å². The van der Waals surface area contributed by atoms with E-state index < -0.39 is 0 Å². The minimum Gasteiger partial charge on any atom is -0.341 e. The van der Waals surface area contributed by atoms with Gasteiger partial charge in [0.15, 0.2) is 0 Å². The van der Waals surface area contributed by atoms with Gasteiger partial charge < -0.3 is 9.47 Å². The molecule has 1 aliphatic rings. The summed E-state index contributed by atoms with van der Waals surface area (Å²) in [5, 5.41) is 0.251. The summed E-state index contributed by atoms with van der Waals surface area (Å²) in [5.74, 6) is 1.68. The van der Waals surface area contributed by atoms with Gasteiger partial charge in [0.05, 0.1) is 5.38 Å². The Labute approximate surface area is 96.0 Å². The van der Waals surface area contributed by atoms with Gasteiger partial charge in [0.2, 0.25) is 5.95 Å². The molecule has 2 atom stereocenters. The number of imidazole rings is 1. The van der Waals surface area contributed by atoms with Crippen molar-refractivity contribution in [3.8, 4) is 0 Å². The zero-order valence-corrected chi connectivity index (χ0v) is 10.1. The third-order valence-electron chi connectivity index (χ3n) is 3.18. The predicted octanol–water partition coefficient (Wildman–Crippen LogP) is 2.36. The molecule has 2 heterocycles. The van der Waals surface area contributed by atoms with Crippen LogP contribution in [0.2, 0.25) is 0 Å². The lowest BCUT2D eigenvalue weighted by atomic mass is 9.99. The predicted molar refractivity (Wildman–Crippen MR) is 63.5 cm³/mol. The molecule has 0 aromatic carbocycles. The van der Waals surface area contributed by atoms with Crippen LogP contribution in [0.4, 0.5) is 5.95 Å². The first-order valence-corrected chi connectivity index (χ1v) is 6.06. The van der Waals surface area contributed by atoms with Gasteiger partial charge in [-0.3, -0.25) is 0 Å². The van der Waals surface area contributed by atoms with Crippen molar-refractivity contribution in [2.75, 3.05) is 18.0 Å². The van der Waals surface area contributed by atoms with Crippen LogP contribution in [0.5, 0.6) is 0 Å². The summed E-state index contributed by atoms with van der Waals surface area (Å²) in [6, 6.07) is 0. The molecule has 0 amide bonds. The minimum atomic E-state index is 0.251. The van der Waals surface area contributed by atoms with Crippen molar-refractivity contribution in [1.29, 1.82) is 0 Å². The van der Waals surface area contributed by atoms with E-state index in [1.807, 2.05) is 12.4 Å². The van der Waals surface area contributed by atoms with Crippen LogP contribution in [-0.2, 0) is 6.54 Å². The van der Waals surface area contributed by atoms with Crippen LogP contribution in [0.3, 0.4) is 0 Å². The molecule has 0 spiro atoms. The molecule has 1 aromatic rings. The van der Waals surface area contributed by atoms with Gasteiger partial charge in [-0.1, -0.05) is 6.92 Å². The Kier molecular flexibility index (Phi) is 3.19. The molecule has 0 radical (unpaired) electrons. The highest BCUT2D eigenvalue weighted by atomic mass is 35.5. The topological polar surface area (TPSA) is 21.1 Å². The first-order valence-electron chi connectivity index (χ1n) is 5.62. The number of aromatic nitrogens is 2. The standard InChI is InChI=1S/C11H18ClN3/c1-3-14-7-5-13-11(14)15-6-4-9(2)10(12)8-15/h5,7,9-10H,3-4,6,8H2,1-2H3. The average molecular weight is 228 g/mol. The zero-order valence-electron chi connectivity index (χ0n) is 9.36. The summed E-state index contributed by atoms with van der Waals surface area (Å²) in [7, 11) is 0. The van der Waals surface area contributed by atoms with Crippen LogP contribution in [0.1, 0.15) is 20.3 Å². The van der Waals surface area contributed by atoms with Crippen molar-refractivity contribution in [3.63, 3.8) is 0 Å². The Balaban J connectivity index is 2.11. The smallest absolute Gasteiger partial charge is 0.205 e. The van der Waals surface area contributed by atoms with Crippen molar-refractivity contribution >= 4 is 17.5 Å². The summed E-state index contributed by atoms with van der Waals surface area (Å²) in [6.45, 7) is 7.31. The van der Waals surface area contributed by atoms with Crippen molar-refractivity contribution in [1.82, 2.24) is 9.55 Å². The molecule has 2 unspecified atom stereocenters. The molecular weight excluding hydrogens is 210 g/mol. The molecule has 1 aromatic heterocycles. The van der Waals surface area contributed by atoms with Crippen LogP contribution in [-0.4, -0.2) is 28.0 Å². The van der Waals surface area contributed by atoms with E-state index in [1.165, 1.54) is 0 Å². The third-order valence-corrected chi connectivity index (χ3v) is 3.75. The quantitative estimate of drug-likeness (QED) is 0.724. The van der Waals surface area contributed by atoms with Gasteiger partial charge in [-0.15, -0.1) is 11.6 Å². The van der Waals surface area contributed by atoms with Crippen LogP contribution in [0.15, 0.2) is 12.4 Å². The highest BCUT2D eigenvalue weighted by Crippen LogP contribution is 2.25. The number of anilines is 1. The molecule has 0 N–H and O–H groups in total. The van der Waals surface area contributed by atoms with E-state index in [9.17, 15) is 0 Å². The molecule has 84 valence electrons. The maximum absolute atomic E-state index is 6.30. The van der Waals surface area contributed by atoms with Crippen molar-refractivity contribution < 1.29 is 0 Å². The van der Waals surface area contributed by atoms with E-state index in [1.54, 1.807) is 0 Å². The largest absolute Gasteiger partial charge is 0.341 e. The number of halogens is 1. The second-order valence-electron chi connectivity index (χ2n) is 4.24. The number of rotatable bonds is 2. The second kappa shape index (κ2) is 4.44. The van der Waals surface area contributed by atoms with Crippen LogP contribution < -0.4 is 4.90 Å². The number of hydrogen-bond acceptors (Lipinski definition) is 2. The zero-order chi connectivity index (χ0) is 10.8. The Morgan fingerprint density at radius 1 is 1.60 bits per heavy atom. The molecule has 4 heteroatoms. The van der Waals surface area contributed by atoms with Crippen LogP contribution >= 0.6 is 11.6 Å². The highest BCUT2D eigenvalue weighted by Gasteiger charge is 2.26. The van der Waals surface area contributed by atoms with Crippen molar-refractivity contribution in [3.05, 3.63) is 12.4 Å². The fourth-order valence-corrected chi connectivity index (χ4v) is 2.33. The molecular formula is C11H18ClN3. The summed E-state index contributed by atoms with van der Waals surface area (Å²) in [6.07, 6.45) is 5.04. The summed E-state index contributed by atoms with van der Waals surface area (Å²) >= 11 is 6.30. The molecule has 2 rings (SSSR count).